The van der Waals surface area contributed by atoms with E-state index in [4.69, 9.17) is 23.9 Å². The summed E-state index contributed by atoms with van der Waals surface area (Å²) in [5.41, 5.74) is 5.41. The van der Waals surface area contributed by atoms with Gasteiger partial charge in [-0.15, -0.1) is 0 Å². The number of hydrogen-bond donors (Lipinski definition) is 0. The average Bonchev–Trinajstić information content (AvgIpc) is 3.47. The van der Waals surface area contributed by atoms with Crippen LogP contribution in [0.5, 0.6) is 11.8 Å². The zero-order valence-electron chi connectivity index (χ0n) is 26.8. The molecule has 9 heteroatoms. The molecule has 0 saturated carbocycles. The van der Waals surface area contributed by atoms with Gasteiger partial charge in [0.05, 0.1) is 30.4 Å². The second-order valence-electron chi connectivity index (χ2n) is 12.4. The van der Waals surface area contributed by atoms with Crippen LogP contribution in [0, 0.1) is 13.8 Å². The maximum absolute atomic E-state index is 7.20. The highest BCUT2D eigenvalue weighted by atomic mass is 32.1. The second kappa shape index (κ2) is 12.3. The van der Waals surface area contributed by atoms with Gasteiger partial charge in [0.2, 0.25) is 11.8 Å². The molecule has 230 valence electrons. The predicted molar refractivity (Wildman–Crippen MR) is 186 cm³/mol. The van der Waals surface area contributed by atoms with Crippen molar-refractivity contribution in [3.63, 3.8) is 0 Å². The summed E-state index contributed by atoms with van der Waals surface area (Å²) in [6.07, 6.45) is 1.46. The molecule has 0 saturated heterocycles. The molecule has 0 aliphatic heterocycles. The molecule has 1 atom stereocenters. The molecule has 6 rings (SSSR count). The molecule has 0 radical (unpaired) electrons. The van der Waals surface area contributed by atoms with E-state index in [-0.39, 0.29) is 11.1 Å². The summed E-state index contributed by atoms with van der Waals surface area (Å²) in [7, 11) is -1.11. The van der Waals surface area contributed by atoms with E-state index in [2.05, 4.69) is 104 Å². The molecule has 0 aliphatic rings. The predicted octanol–water partition coefficient (Wildman–Crippen LogP) is 7.27. The number of aromatic nitrogens is 4. The van der Waals surface area contributed by atoms with E-state index in [1.54, 1.807) is 13.3 Å². The van der Waals surface area contributed by atoms with Crippen molar-refractivity contribution in [1.82, 2.24) is 19.9 Å². The summed E-state index contributed by atoms with van der Waals surface area (Å²) in [6.45, 7) is 13.4. The van der Waals surface area contributed by atoms with Crippen LogP contribution in [0.15, 0.2) is 85.1 Å². The van der Waals surface area contributed by atoms with Gasteiger partial charge in [-0.1, -0.05) is 92.8 Å². The molecule has 0 aliphatic carbocycles. The van der Waals surface area contributed by atoms with Crippen molar-refractivity contribution in [2.45, 2.75) is 52.7 Å². The smallest absolute Gasteiger partial charge is 0.261 e. The Morgan fingerprint density at radius 3 is 2.11 bits per heavy atom. The third kappa shape index (κ3) is 5.95. The standard InChI is InChI=1S/C36H38N4O3SSi/c1-23-18-28(33-29(19-23)38-31(41-7)21-37-33)34-40-32-24(2)20-30(39-35(32)44-34)42-22-25(3)43-45(36(4,5)6,26-14-10-8-11-15-26)27-16-12-9-13-17-27/h8-21,25H,22H2,1-7H3. The maximum atomic E-state index is 7.20. The summed E-state index contributed by atoms with van der Waals surface area (Å²) >= 11 is 1.53. The fourth-order valence-corrected chi connectivity index (χ4v) is 11.7. The Balaban J connectivity index is 1.29. The highest BCUT2D eigenvalue weighted by molar-refractivity contribution is 7.21. The van der Waals surface area contributed by atoms with E-state index in [1.165, 1.54) is 21.7 Å². The highest BCUT2D eigenvalue weighted by Crippen LogP contribution is 2.38. The molecule has 7 nitrogen and oxygen atoms in total. The second-order valence-corrected chi connectivity index (χ2v) is 17.7. The Hall–Kier alpha value is -4.18. The molecule has 1 unspecified atom stereocenters. The maximum Gasteiger partial charge on any atom is 0.261 e. The van der Waals surface area contributed by atoms with Crippen LogP contribution in [0.4, 0.5) is 0 Å². The van der Waals surface area contributed by atoms with Crippen LogP contribution in [0.3, 0.4) is 0 Å². The Bertz CT molecular complexity index is 1920. The number of ether oxygens (including phenoxy) is 2. The quantitative estimate of drug-likeness (QED) is 0.155. The zero-order chi connectivity index (χ0) is 31.8. The molecule has 0 N–H and O–H groups in total. The summed E-state index contributed by atoms with van der Waals surface area (Å²) in [5.74, 6) is 1.04. The van der Waals surface area contributed by atoms with E-state index in [9.17, 15) is 0 Å². The minimum atomic E-state index is -2.70. The SMILES string of the molecule is COc1cnc2c(-c3nc4c(C)cc(OCC(C)O[Si](c5ccccc5)(c5ccccc5)C(C)(C)C)nc4s3)cc(C)cc2n1. The first kappa shape index (κ1) is 30.8. The first-order chi connectivity index (χ1) is 21.6. The number of fused-ring (bicyclic) bond motifs is 2. The van der Waals surface area contributed by atoms with Crippen molar-refractivity contribution >= 4 is 51.4 Å². The fourth-order valence-electron chi connectivity index (χ4n) is 5.96. The molecule has 3 heterocycles. The topological polar surface area (TPSA) is 79.3 Å². The number of hydrogen-bond acceptors (Lipinski definition) is 8. The summed E-state index contributed by atoms with van der Waals surface area (Å²) in [4.78, 5) is 19.9. The summed E-state index contributed by atoms with van der Waals surface area (Å²) in [6, 6.07) is 27.4. The Morgan fingerprint density at radius 1 is 0.822 bits per heavy atom. The third-order valence-electron chi connectivity index (χ3n) is 8.00. The first-order valence-corrected chi connectivity index (χ1v) is 17.8. The van der Waals surface area contributed by atoms with Gasteiger partial charge >= 0.3 is 0 Å². The Labute approximate surface area is 269 Å². The van der Waals surface area contributed by atoms with Gasteiger partial charge in [-0.25, -0.2) is 19.9 Å². The lowest BCUT2D eigenvalue weighted by Gasteiger charge is -2.44. The van der Waals surface area contributed by atoms with E-state index < -0.39 is 8.32 Å². The van der Waals surface area contributed by atoms with Crippen molar-refractivity contribution in [3.8, 4) is 22.3 Å². The molecule has 0 bridgehead atoms. The lowest BCUT2D eigenvalue weighted by Crippen LogP contribution is -2.67. The van der Waals surface area contributed by atoms with Crippen molar-refractivity contribution < 1.29 is 13.9 Å². The van der Waals surface area contributed by atoms with Gasteiger partial charge in [0.25, 0.3) is 8.32 Å². The van der Waals surface area contributed by atoms with E-state index in [1.807, 2.05) is 26.0 Å². The fraction of sp³-hybridized carbons (Fsp3) is 0.278. The van der Waals surface area contributed by atoms with Crippen LogP contribution < -0.4 is 19.8 Å². The van der Waals surface area contributed by atoms with Gasteiger partial charge in [-0.3, -0.25) is 0 Å². The van der Waals surface area contributed by atoms with Crippen LogP contribution in [0.2, 0.25) is 5.04 Å². The van der Waals surface area contributed by atoms with E-state index in [0.29, 0.717) is 18.4 Å². The lowest BCUT2D eigenvalue weighted by atomic mass is 10.1. The molecular formula is C36H38N4O3SSi. The highest BCUT2D eigenvalue weighted by Gasteiger charge is 2.51. The number of nitrogens with zero attached hydrogens (tertiary/aromatic N) is 4. The van der Waals surface area contributed by atoms with Crippen molar-refractivity contribution in [1.29, 1.82) is 0 Å². The van der Waals surface area contributed by atoms with Gasteiger partial charge < -0.3 is 13.9 Å². The summed E-state index contributed by atoms with van der Waals surface area (Å²) < 4.78 is 18.8. The third-order valence-corrected chi connectivity index (χ3v) is 14.1. The normalized spacial score (nSPS) is 12.9. The van der Waals surface area contributed by atoms with E-state index in [0.717, 1.165) is 43.1 Å². The van der Waals surface area contributed by atoms with Crippen LogP contribution >= 0.6 is 11.3 Å². The Morgan fingerprint density at radius 2 is 1.49 bits per heavy atom. The van der Waals surface area contributed by atoms with Crippen molar-refractivity contribution in [2.24, 2.45) is 0 Å². The molecule has 0 amide bonds. The van der Waals surface area contributed by atoms with Crippen LogP contribution in [0.25, 0.3) is 32.0 Å². The molecule has 3 aromatic carbocycles. The van der Waals surface area contributed by atoms with Gasteiger partial charge in [0.1, 0.15) is 22.0 Å². The monoisotopic (exact) mass is 634 g/mol. The largest absolute Gasteiger partial charge is 0.480 e. The van der Waals surface area contributed by atoms with Crippen LogP contribution in [-0.2, 0) is 4.43 Å². The average molecular weight is 635 g/mol. The number of thiazole rings is 1. The minimum absolute atomic E-state index is 0.119. The molecular weight excluding hydrogens is 597 g/mol. The Kier molecular flexibility index (Phi) is 8.43. The molecule has 0 fully saturated rings. The van der Waals surface area contributed by atoms with Crippen LogP contribution in [0.1, 0.15) is 38.8 Å². The van der Waals surface area contributed by atoms with E-state index >= 15 is 0 Å². The number of benzene rings is 3. The zero-order valence-corrected chi connectivity index (χ0v) is 28.6. The molecule has 0 spiro atoms. The van der Waals surface area contributed by atoms with Crippen molar-refractivity contribution in [2.75, 3.05) is 13.7 Å². The van der Waals surface area contributed by atoms with Crippen LogP contribution in [-0.4, -0.2) is 48.1 Å². The number of pyridine rings is 1. The molecule has 45 heavy (non-hydrogen) atoms. The number of rotatable bonds is 9. The number of aryl methyl sites for hydroxylation is 2. The molecule has 6 aromatic rings. The number of methoxy groups -OCH3 is 1. The summed E-state index contributed by atoms with van der Waals surface area (Å²) in [5, 5.41) is 3.21. The van der Waals surface area contributed by atoms with Gasteiger partial charge in [0, 0.05) is 11.6 Å². The van der Waals surface area contributed by atoms with Gasteiger partial charge in [-0.2, -0.15) is 0 Å². The van der Waals surface area contributed by atoms with Gasteiger partial charge in [0.15, 0.2) is 0 Å². The lowest BCUT2D eigenvalue weighted by molar-refractivity contribution is 0.131. The minimum Gasteiger partial charge on any atom is -0.480 e. The van der Waals surface area contributed by atoms with Crippen molar-refractivity contribution in [3.05, 3.63) is 96.2 Å². The first-order valence-electron chi connectivity index (χ1n) is 15.1. The van der Waals surface area contributed by atoms with Gasteiger partial charge in [-0.05, 0) is 59.4 Å². The molecule has 3 aromatic heterocycles.